The van der Waals surface area contributed by atoms with Crippen molar-refractivity contribution in [3.05, 3.63) is 29.3 Å². The van der Waals surface area contributed by atoms with Crippen LogP contribution in [0.2, 0.25) is 0 Å². The fourth-order valence-electron chi connectivity index (χ4n) is 6.22. The average molecular weight is 613 g/mol. The summed E-state index contributed by atoms with van der Waals surface area (Å²) in [4.78, 5) is 66.9. The Morgan fingerprint density at radius 3 is 2.41 bits per heavy atom. The van der Waals surface area contributed by atoms with Crippen LogP contribution >= 0.6 is 0 Å². The number of amides is 3. The maximum Gasteiger partial charge on any atom is 0.311 e. The molecule has 3 heterocycles. The summed E-state index contributed by atoms with van der Waals surface area (Å²) in [5.74, 6) is -0.887. The Hall–Kier alpha value is -3.35. The molecule has 3 amide bonds. The van der Waals surface area contributed by atoms with Gasteiger partial charge in [0.25, 0.3) is 0 Å². The first-order valence-electron chi connectivity index (χ1n) is 15.8. The van der Waals surface area contributed by atoms with Crippen molar-refractivity contribution in [1.82, 2.24) is 20.9 Å². The minimum absolute atomic E-state index is 0.144. The number of aryl methyl sites for hydroxylation is 1. The van der Waals surface area contributed by atoms with Crippen molar-refractivity contribution in [3.8, 4) is 5.75 Å². The summed E-state index contributed by atoms with van der Waals surface area (Å²) in [7, 11) is 0. The van der Waals surface area contributed by atoms with E-state index in [9.17, 15) is 24.0 Å². The number of fused-ring (bicyclic) bond motifs is 1. The van der Waals surface area contributed by atoms with Gasteiger partial charge in [0.05, 0.1) is 38.8 Å². The molecule has 12 heteroatoms. The van der Waals surface area contributed by atoms with E-state index in [-0.39, 0.29) is 37.0 Å². The maximum absolute atomic E-state index is 13.9. The highest BCUT2D eigenvalue weighted by atomic mass is 16.6. The van der Waals surface area contributed by atoms with E-state index < -0.39 is 35.5 Å². The molecule has 2 saturated heterocycles. The van der Waals surface area contributed by atoms with E-state index in [4.69, 9.17) is 14.2 Å². The van der Waals surface area contributed by atoms with Crippen molar-refractivity contribution in [3.63, 3.8) is 0 Å². The summed E-state index contributed by atoms with van der Waals surface area (Å²) < 4.78 is 16.1. The van der Waals surface area contributed by atoms with Gasteiger partial charge >= 0.3 is 5.97 Å². The van der Waals surface area contributed by atoms with Crippen LogP contribution < -0.4 is 20.7 Å². The fraction of sp³-hybridized carbons (Fsp3) is 0.656. The third-order valence-corrected chi connectivity index (χ3v) is 9.04. The van der Waals surface area contributed by atoms with Gasteiger partial charge in [-0.25, -0.2) is 0 Å². The Labute approximate surface area is 257 Å². The van der Waals surface area contributed by atoms with Gasteiger partial charge in [-0.1, -0.05) is 37.8 Å². The van der Waals surface area contributed by atoms with Crippen molar-refractivity contribution in [2.24, 2.45) is 5.92 Å². The molecule has 0 spiro atoms. The molecule has 4 unspecified atom stereocenters. The third kappa shape index (κ3) is 8.42. The van der Waals surface area contributed by atoms with Gasteiger partial charge in [-0.15, -0.1) is 0 Å². The van der Waals surface area contributed by atoms with Crippen LogP contribution in [0.1, 0.15) is 63.5 Å². The number of ketones is 1. The number of epoxide rings is 1. The molecule has 1 aromatic carbocycles. The molecular formula is C32H44N4O8. The predicted molar refractivity (Wildman–Crippen MR) is 159 cm³/mol. The number of carbonyl (C=O) groups excluding carboxylic acids is 5. The molecule has 0 bridgehead atoms. The van der Waals surface area contributed by atoms with Crippen molar-refractivity contribution < 1.29 is 38.2 Å². The summed E-state index contributed by atoms with van der Waals surface area (Å²) in [6.07, 6.45) is 5.70. The van der Waals surface area contributed by atoms with Gasteiger partial charge in [-0.3, -0.25) is 28.9 Å². The normalized spacial score (nSPS) is 23.9. The summed E-state index contributed by atoms with van der Waals surface area (Å²) in [5.41, 5.74) is 0.719. The van der Waals surface area contributed by atoms with Gasteiger partial charge in [-0.05, 0) is 49.8 Å². The number of hydrogen-bond donors (Lipinski definition) is 3. The van der Waals surface area contributed by atoms with Gasteiger partial charge in [0.1, 0.15) is 23.4 Å². The smallest absolute Gasteiger partial charge is 0.311 e. The van der Waals surface area contributed by atoms with E-state index in [1.165, 1.54) is 0 Å². The monoisotopic (exact) mass is 612 g/mol. The Bertz CT molecular complexity index is 1250. The lowest BCUT2D eigenvalue weighted by atomic mass is 9.90. The van der Waals surface area contributed by atoms with E-state index in [1.807, 2.05) is 11.0 Å². The van der Waals surface area contributed by atoms with Crippen LogP contribution in [0.4, 0.5) is 0 Å². The van der Waals surface area contributed by atoms with Crippen LogP contribution in [0.3, 0.4) is 0 Å². The number of benzene rings is 1. The van der Waals surface area contributed by atoms with Crippen molar-refractivity contribution in [1.29, 1.82) is 0 Å². The third-order valence-electron chi connectivity index (χ3n) is 9.04. The minimum atomic E-state index is -1.02. The Kier molecular flexibility index (Phi) is 10.3. The van der Waals surface area contributed by atoms with E-state index in [2.05, 4.69) is 16.0 Å². The molecule has 3 fully saturated rings. The molecule has 4 aliphatic rings. The molecule has 3 N–H and O–H groups in total. The average Bonchev–Trinajstić information content (AvgIpc) is 3.54. The number of nitrogens with zero attached hydrogens (tertiary/aromatic N) is 1. The number of ether oxygens (including phenoxy) is 3. The number of Topliss-reactive ketones (excluding diaryl/α,β-unsaturated/α-hetero) is 1. The van der Waals surface area contributed by atoms with Gasteiger partial charge in [0.2, 0.25) is 17.7 Å². The zero-order chi connectivity index (χ0) is 31.3. The number of hydrogen-bond acceptors (Lipinski definition) is 9. The second kappa shape index (κ2) is 14.2. The highest BCUT2D eigenvalue weighted by Crippen LogP contribution is 2.33. The van der Waals surface area contributed by atoms with E-state index in [1.54, 1.807) is 26.0 Å². The van der Waals surface area contributed by atoms with E-state index in [0.717, 1.165) is 36.8 Å². The standard InChI is InChI=1S/C32H44N4O8/c1-20(33-27(37)18-36-11-13-42-14-12-36)30(40)35-25(17-22-7-9-26-23(15-22)8-10-28(38)44-26)31(41)34-24(16-21-5-3-4-6-21)29(39)32(2)19-43-32/h7,9,15,20-21,24-25H,3-6,8,10-14,16-19H2,1-2H3,(H,33,37)(H,34,41)(H,35,40). The van der Waals surface area contributed by atoms with Crippen LogP contribution in [0.15, 0.2) is 18.2 Å². The van der Waals surface area contributed by atoms with Crippen molar-refractivity contribution in [2.45, 2.75) is 88.9 Å². The lowest BCUT2D eigenvalue weighted by Gasteiger charge is -2.28. The second-order valence-electron chi connectivity index (χ2n) is 12.7. The Balaban J connectivity index is 1.29. The Morgan fingerprint density at radius 1 is 1.00 bits per heavy atom. The molecule has 1 aliphatic carbocycles. The first-order chi connectivity index (χ1) is 21.1. The predicted octanol–water partition coefficient (Wildman–Crippen LogP) is 0.826. The SMILES string of the molecule is CC(NC(=O)CN1CCOCC1)C(=O)NC(Cc1ccc2c(c1)CCC(=O)O2)C(=O)NC(CC1CCCC1)C(=O)C1(C)CO1. The zero-order valence-corrected chi connectivity index (χ0v) is 25.7. The van der Waals surface area contributed by atoms with E-state index >= 15 is 0 Å². The first kappa shape index (κ1) is 32.1. The molecule has 12 nitrogen and oxygen atoms in total. The zero-order valence-electron chi connectivity index (χ0n) is 25.7. The number of morpholine rings is 1. The fourth-order valence-corrected chi connectivity index (χ4v) is 6.22. The van der Waals surface area contributed by atoms with Crippen LogP contribution in [-0.4, -0.2) is 97.6 Å². The lowest BCUT2D eigenvalue weighted by Crippen LogP contribution is -2.57. The van der Waals surface area contributed by atoms with Crippen LogP contribution in [-0.2, 0) is 46.3 Å². The summed E-state index contributed by atoms with van der Waals surface area (Å²) >= 11 is 0. The molecule has 240 valence electrons. The van der Waals surface area contributed by atoms with Gasteiger partial charge in [0.15, 0.2) is 5.78 Å². The molecule has 1 aromatic rings. The summed E-state index contributed by atoms with van der Waals surface area (Å²) in [6.45, 7) is 6.18. The molecular weight excluding hydrogens is 568 g/mol. The molecule has 3 aliphatic heterocycles. The second-order valence-corrected chi connectivity index (χ2v) is 12.7. The lowest BCUT2D eigenvalue weighted by molar-refractivity contribution is -0.135. The van der Waals surface area contributed by atoms with E-state index in [0.29, 0.717) is 57.4 Å². The van der Waals surface area contributed by atoms with Gasteiger partial charge in [-0.2, -0.15) is 0 Å². The molecule has 5 rings (SSSR count). The van der Waals surface area contributed by atoms with Gasteiger partial charge in [0, 0.05) is 19.5 Å². The molecule has 1 saturated carbocycles. The largest absolute Gasteiger partial charge is 0.426 e. The van der Waals surface area contributed by atoms with Crippen molar-refractivity contribution in [2.75, 3.05) is 39.5 Å². The highest BCUT2D eigenvalue weighted by Gasteiger charge is 2.50. The first-order valence-corrected chi connectivity index (χ1v) is 15.8. The van der Waals surface area contributed by atoms with Crippen LogP contribution in [0, 0.1) is 5.92 Å². The topological polar surface area (TPSA) is 156 Å². The molecule has 0 aromatic heterocycles. The summed E-state index contributed by atoms with van der Waals surface area (Å²) in [5, 5.41) is 8.52. The summed E-state index contributed by atoms with van der Waals surface area (Å²) in [6, 6.07) is 2.70. The number of nitrogens with one attached hydrogen (secondary N) is 3. The Morgan fingerprint density at radius 2 is 1.70 bits per heavy atom. The molecule has 44 heavy (non-hydrogen) atoms. The van der Waals surface area contributed by atoms with Crippen LogP contribution in [0.25, 0.3) is 0 Å². The minimum Gasteiger partial charge on any atom is -0.426 e. The van der Waals surface area contributed by atoms with Crippen LogP contribution in [0.5, 0.6) is 5.75 Å². The maximum atomic E-state index is 13.9. The quantitative estimate of drug-likeness (QED) is 0.167. The van der Waals surface area contributed by atoms with Crippen molar-refractivity contribution >= 4 is 29.5 Å². The molecule has 0 radical (unpaired) electrons. The highest BCUT2D eigenvalue weighted by molar-refractivity contribution is 5.98. The van der Waals surface area contributed by atoms with Gasteiger partial charge < -0.3 is 30.2 Å². The number of carbonyl (C=O) groups is 5. The number of rotatable bonds is 13. The number of esters is 1. The molecule has 4 atom stereocenters.